The van der Waals surface area contributed by atoms with Crippen molar-refractivity contribution in [2.75, 3.05) is 32.7 Å². The number of methoxy groups -OCH3 is 1. The van der Waals surface area contributed by atoms with E-state index in [0.717, 1.165) is 5.75 Å². The number of thioether (sulfide) groups is 1. The molecule has 1 atom stereocenters. The summed E-state index contributed by atoms with van der Waals surface area (Å²) in [7, 11) is 1.65. The van der Waals surface area contributed by atoms with Crippen molar-refractivity contribution in [3.05, 3.63) is 0 Å². The van der Waals surface area contributed by atoms with Crippen LogP contribution in [0.25, 0.3) is 0 Å². The fourth-order valence-corrected chi connectivity index (χ4v) is 1.89. The zero-order valence-corrected chi connectivity index (χ0v) is 9.78. The Morgan fingerprint density at radius 1 is 1.15 bits per heavy atom. The molecule has 0 saturated carbocycles. The number of rotatable bonds is 8. The molecule has 80 valence electrons. The molecule has 0 aromatic carbocycles. The Morgan fingerprint density at radius 3 is 2.23 bits per heavy atom. The van der Waals surface area contributed by atoms with Gasteiger partial charge in [0.25, 0.3) is 0 Å². The molecule has 0 amide bonds. The summed E-state index contributed by atoms with van der Waals surface area (Å²) in [6.07, 6.45) is 0. The Hall–Kier alpha value is 0.230. The van der Waals surface area contributed by atoms with Crippen LogP contribution in [0.3, 0.4) is 0 Å². The minimum Gasteiger partial charge on any atom is -0.375 e. The van der Waals surface area contributed by atoms with Crippen LogP contribution in [-0.2, 0) is 14.2 Å². The first-order valence-corrected chi connectivity index (χ1v) is 5.64. The van der Waals surface area contributed by atoms with Crippen LogP contribution in [0, 0.1) is 0 Å². The Labute approximate surface area is 85.1 Å². The van der Waals surface area contributed by atoms with Crippen molar-refractivity contribution in [2.24, 2.45) is 0 Å². The highest BCUT2D eigenvalue weighted by molar-refractivity contribution is 8.00. The van der Waals surface area contributed by atoms with E-state index < -0.39 is 5.12 Å². The van der Waals surface area contributed by atoms with E-state index in [-0.39, 0.29) is 0 Å². The maximum Gasteiger partial charge on any atom is 0.242 e. The van der Waals surface area contributed by atoms with Gasteiger partial charge in [0.05, 0.1) is 0 Å². The summed E-state index contributed by atoms with van der Waals surface area (Å²) < 4.78 is 16.2. The van der Waals surface area contributed by atoms with Gasteiger partial charge in [0.1, 0.15) is 6.61 Å². The second-order valence-electron chi connectivity index (χ2n) is 2.39. The molecule has 3 nitrogen and oxygen atoms in total. The van der Waals surface area contributed by atoms with Crippen LogP contribution in [0.1, 0.15) is 20.8 Å². The summed E-state index contributed by atoms with van der Waals surface area (Å²) in [5.74, 6) is 0.945. The van der Waals surface area contributed by atoms with Crippen LogP contribution in [0.5, 0.6) is 0 Å². The van der Waals surface area contributed by atoms with Gasteiger partial charge in [-0.25, -0.2) is 0 Å². The predicted molar refractivity (Wildman–Crippen MR) is 56.0 cm³/mol. The van der Waals surface area contributed by atoms with Gasteiger partial charge in [0.2, 0.25) is 5.12 Å². The Balaban J connectivity index is 4.07. The Bertz CT molecular complexity index is 113. The fraction of sp³-hybridized carbons (Fsp3) is 1.00. The third kappa shape index (κ3) is 4.86. The normalized spacial score (nSPS) is 15.7. The summed E-state index contributed by atoms with van der Waals surface area (Å²) in [5.41, 5.74) is 0. The summed E-state index contributed by atoms with van der Waals surface area (Å²) in [6, 6.07) is 0. The molecule has 0 fully saturated rings. The topological polar surface area (TPSA) is 27.7 Å². The predicted octanol–water partition coefficient (Wildman–Crippen LogP) is 2.11. The van der Waals surface area contributed by atoms with Crippen LogP contribution in [-0.4, -0.2) is 37.8 Å². The monoisotopic (exact) mass is 208 g/mol. The van der Waals surface area contributed by atoms with E-state index in [4.69, 9.17) is 14.2 Å². The minimum absolute atomic E-state index is 0.479. The van der Waals surface area contributed by atoms with Crippen molar-refractivity contribution in [2.45, 2.75) is 25.9 Å². The van der Waals surface area contributed by atoms with Gasteiger partial charge in [0, 0.05) is 20.3 Å². The van der Waals surface area contributed by atoms with Crippen molar-refractivity contribution in [3.8, 4) is 0 Å². The lowest BCUT2D eigenvalue weighted by molar-refractivity contribution is -0.181. The maximum absolute atomic E-state index is 5.54. The van der Waals surface area contributed by atoms with Crippen molar-refractivity contribution < 1.29 is 14.2 Å². The maximum atomic E-state index is 5.54. The first kappa shape index (κ1) is 13.2. The molecule has 0 aliphatic rings. The van der Waals surface area contributed by atoms with Gasteiger partial charge in [-0.3, -0.25) is 0 Å². The molecule has 13 heavy (non-hydrogen) atoms. The number of ether oxygens (including phenoxy) is 3. The second-order valence-corrected chi connectivity index (χ2v) is 3.88. The SMILES string of the molecule is CCOCC(OC)(OCC)SCC. The number of hydrogen-bond donors (Lipinski definition) is 0. The molecule has 1 unspecified atom stereocenters. The van der Waals surface area contributed by atoms with E-state index in [1.165, 1.54) is 0 Å². The highest BCUT2D eigenvalue weighted by atomic mass is 32.2. The molecule has 0 rings (SSSR count). The van der Waals surface area contributed by atoms with Gasteiger partial charge < -0.3 is 14.2 Å². The molecule has 0 spiro atoms. The molecule has 0 aromatic rings. The highest BCUT2D eigenvalue weighted by Gasteiger charge is 2.30. The second kappa shape index (κ2) is 7.62. The van der Waals surface area contributed by atoms with Gasteiger partial charge in [-0.15, -0.1) is 0 Å². The van der Waals surface area contributed by atoms with Gasteiger partial charge in [-0.05, 0) is 19.6 Å². The van der Waals surface area contributed by atoms with E-state index in [9.17, 15) is 0 Å². The van der Waals surface area contributed by atoms with Crippen LogP contribution < -0.4 is 0 Å². The molecule has 0 N–H and O–H groups in total. The van der Waals surface area contributed by atoms with Crippen LogP contribution in [0.2, 0.25) is 0 Å². The lowest BCUT2D eigenvalue weighted by Gasteiger charge is -2.30. The van der Waals surface area contributed by atoms with Gasteiger partial charge in [-0.2, -0.15) is 0 Å². The zero-order valence-electron chi connectivity index (χ0n) is 8.96. The van der Waals surface area contributed by atoms with E-state index in [1.54, 1.807) is 18.9 Å². The van der Waals surface area contributed by atoms with Crippen molar-refractivity contribution >= 4 is 11.8 Å². The largest absolute Gasteiger partial charge is 0.375 e. The standard InChI is InChI=1S/C9H20O3S/c1-5-11-8-9(10-4,12-6-2)13-7-3/h5-8H2,1-4H3. The number of hydrogen-bond acceptors (Lipinski definition) is 4. The molecule has 0 aliphatic heterocycles. The fourth-order valence-electron chi connectivity index (χ4n) is 0.969. The smallest absolute Gasteiger partial charge is 0.242 e. The average molecular weight is 208 g/mol. The van der Waals surface area contributed by atoms with E-state index >= 15 is 0 Å². The lowest BCUT2D eigenvalue weighted by atomic mass is 10.6. The third-order valence-corrected chi connectivity index (χ3v) is 2.65. The minimum atomic E-state index is -0.612. The Morgan fingerprint density at radius 2 is 1.85 bits per heavy atom. The molecule has 0 heterocycles. The van der Waals surface area contributed by atoms with E-state index in [1.807, 2.05) is 13.8 Å². The third-order valence-electron chi connectivity index (χ3n) is 1.52. The van der Waals surface area contributed by atoms with E-state index in [2.05, 4.69) is 6.92 Å². The molecule has 0 aliphatic carbocycles. The average Bonchev–Trinajstić information content (AvgIpc) is 2.15. The van der Waals surface area contributed by atoms with Gasteiger partial charge >= 0.3 is 0 Å². The molecular weight excluding hydrogens is 188 g/mol. The van der Waals surface area contributed by atoms with Crippen LogP contribution in [0.4, 0.5) is 0 Å². The molecule has 0 radical (unpaired) electrons. The van der Waals surface area contributed by atoms with E-state index in [0.29, 0.717) is 19.8 Å². The first-order chi connectivity index (χ1) is 6.24. The molecular formula is C9H20O3S. The highest BCUT2D eigenvalue weighted by Crippen LogP contribution is 2.27. The molecule has 0 bridgehead atoms. The van der Waals surface area contributed by atoms with Gasteiger partial charge in [-0.1, -0.05) is 18.7 Å². The molecule has 0 aromatic heterocycles. The summed E-state index contributed by atoms with van der Waals surface area (Å²) in [6.45, 7) is 7.78. The van der Waals surface area contributed by atoms with Crippen molar-refractivity contribution in [1.82, 2.24) is 0 Å². The van der Waals surface area contributed by atoms with Gasteiger partial charge in [0.15, 0.2) is 0 Å². The van der Waals surface area contributed by atoms with Crippen molar-refractivity contribution in [1.29, 1.82) is 0 Å². The zero-order chi connectivity index (χ0) is 10.2. The Kier molecular flexibility index (Phi) is 7.75. The summed E-state index contributed by atoms with van der Waals surface area (Å²) in [5, 5.41) is -0.612. The first-order valence-electron chi connectivity index (χ1n) is 4.65. The quantitative estimate of drug-likeness (QED) is 0.571. The van der Waals surface area contributed by atoms with Crippen LogP contribution in [0.15, 0.2) is 0 Å². The molecule has 0 saturated heterocycles. The summed E-state index contributed by atoms with van der Waals surface area (Å²) in [4.78, 5) is 0. The van der Waals surface area contributed by atoms with Crippen molar-refractivity contribution in [3.63, 3.8) is 0 Å². The molecule has 4 heteroatoms. The van der Waals surface area contributed by atoms with Crippen LogP contribution >= 0.6 is 11.8 Å². The summed E-state index contributed by atoms with van der Waals surface area (Å²) >= 11 is 1.62. The lowest BCUT2D eigenvalue weighted by Crippen LogP contribution is -2.37.